The molecule has 2 aliphatic rings. The summed E-state index contributed by atoms with van der Waals surface area (Å²) in [4.78, 5) is 0. The first kappa shape index (κ1) is 14.3. The summed E-state index contributed by atoms with van der Waals surface area (Å²) >= 11 is 0. The van der Waals surface area contributed by atoms with E-state index in [0.717, 1.165) is 25.0 Å². The quantitative estimate of drug-likeness (QED) is 0.827. The van der Waals surface area contributed by atoms with E-state index in [1.807, 2.05) is 0 Å². The lowest BCUT2D eigenvalue weighted by Crippen LogP contribution is -2.58. The SMILES string of the molecule is CCC1CCCC2(CC1)OCCNC2CC(C)C. The smallest absolute Gasteiger partial charge is 0.0835 e. The molecule has 3 atom stereocenters. The average Bonchev–Trinajstić information content (AvgIpc) is 2.55. The Bertz CT molecular complexity index is 253. The van der Waals surface area contributed by atoms with E-state index in [9.17, 15) is 0 Å². The lowest BCUT2D eigenvalue weighted by atomic mass is 9.80. The van der Waals surface area contributed by atoms with E-state index in [1.54, 1.807) is 0 Å². The van der Waals surface area contributed by atoms with Crippen molar-refractivity contribution in [2.45, 2.75) is 77.4 Å². The largest absolute Gasteiger partial charge is 0.372 e. The van der Waals surface area contributed by atoms with Crippen LogP contribution in [0.5, 0.6) is 0 Å². The number of rotatable bonds is 3. The molecule has 2 fully saturated rings. The zero-order valence-electron chi connectivity index (χ0n) is 12.5. The minimum Gasteiger partial charge on any atom is -0.372 e. The Kier molecular flexibility index (Phi) is 5.08. The molecule has 0 bridgehead atoms. The van der Waals surface area contributed by atoms with Gasteiger partial charge in [0, 0.05) is 12.6 Å². The molecule has 2 nitrogen and oxygen atoms in total. The Morgan fingerprint density at radius 3 is 2.83 bits per heavy atom. The summed E-state index contributed by atoms with van der Waals surface area (Å²) in [7, 11) is 0. The zero-order chi connectivity index (χ0) is 13.0. The summed E-state index contributed by atoms with van der Waals surface area (Å²) in [6, 6.07) is 0.585. The molecule has 0 aromatic heterocycles. The molecule has 0 amide bonds. The summed E-state index contributed by atoms with van der Waals surface area (Å²) in [5.74, 6) is 1.70. The summed E-state index contributed by atoms with van der Waals surface area (Å²) in [6.45, 7) is 8.95. The summed E-state index contributed by atoms with van der Waals surface area (Å²) in [6.07, 6.45) is 9.29. The predicted molar refractivity (Wildman–Crippen MR) is 76.8 cm³/mol. The fourth-order valence-electron chi connectivity index (χ4n) is 3.85. The molecule has 106 valence electrons. The molecule has 1 heterocycles. The Morgan fingerprint density at radius 1 is 1.28 bits per heavy atom. The van der Waals surface area contributed by atoms with Gasteiger partial charge in [0.2, 0.25) is 0 Å². The van der Waals surface area contributed by atoms with Crippen molar-refractivity contribution in [1.82, 2.24) is 5.32 Å². The van der Waals surface area contributed by atoms with Crippen LogP contribution in [-0.4, -0.2) is 24.8 Å². The summed E-state index contributed by atoms with van der Waals surface area (Å²) in [5.41, 5.74) is 0.159. The Hall–Kier alpha value is -0.0800. The van der Waals surface area contributed by atoms with Gasteiger partial charge in [-0.05, 0) is 37.5 Å². The minimum absolute atomic E-state index is 0.159. The van der Waals surface area contributed by atoms with Crippen LogP contribution in [0, 0.1) is 11.8 Å². The van der Waals surface area contributed by atoms with Gasteiger partial charge in [-0.15, -0.1) is 0 Å². The van der Waals surface area contributed by atoms with E-state index >= 15 is 0 Å². The zero-order valence-corrected chi connectivity index (χ0v) is 12.5. The monoisotopic (exact) mass is 253 g/mol. The minimum atomic E-state index is 0.159. The molecule has 2 heteroatoms. The van der Waals surface area contributed by atoms with E-state index in [-0.39, 0.29) is 5.60 Å². The number of hydrogen-bond acceptors (Lipinski definition) is 2. The van der Waals surface area contributed by atoms with Gasteiger partial charge in [0.05, 0.1) is 12.2 Å². The second-order valence-electron chi connectivity index (χ2n) is 6.75. The predicted octanol–water partition coefficient (Wildman–Crippen LogP) is 3.75. The van der Waals surface area contributed by atoms with Crippen LogP contribution in [0.2, 0.25) is 0 Å². The highest BCUT2D eigenvalue weighted by molar-refractivity contribution is 4.98. The van der Waals surface area contributed by atoms with Gasteiger partial charge in [0.15, 0.2) is 0 Å². The van der Waals surface area contributed by atoms with Crippen LogP contribution in [0.3, 0.4) is 0 Å². The van der Waals surface area contributed by atoms with Crippen LogP contribution in [-0.2, 0) is 4.74 Å². The topological polar surface area (TPSA) is 21.3 Å². The maximum absolute atomic E-state index is 6.33. The van der Waals surface area contributed by atoms with Crippen LogP contribution >= 0.6 is 0 Å². The van der Waals surface area contributed by atoms with E-state index in [2.05, 4.69) is 26.1 Å². The van der Waals surface area contributed by atoms with Gasteiger partial charge < -0.3 is 10.1 Å². The molecule has 18 heavy (non-hydrogen) atoms. The van der Waals surface area contributed by atoms with Crippen LogP contribution in [0.1, 0.15) is 65.7 Å². The highest BCUT2D eigenvalue weighted by Crippen LogP contribution is 2.39. The number of ether oxygens (including phenoxy) is 1. The van der Waals surface area contributed by atoms with Crippen LogP contribution < -0.4 is 5.32 Å². The maximum Gasteiger partial charge on any atom is 0.0835 e. The molecule has 0 aromatic rings. The van der Waals surface area contributed by atoms with Crippen molar-refractivity contribution in [3.63, 3.8) is 0 Å². The third-order valence-corrected chi connectivity index (χ3v) is 4.99. The van der Waals surface area contributed by atoms with Crippen molar-refractivity contribution in [3.8, 4) is 0 Å². The highest BCUT2D eigenvalue weighted by atomic mass is 16.5. The molecule has 0 aromatic carbocycles. The van der Waals surface area contributed by atoms with Gasteiger partial charge in [-0.1, -0.05) is 40.0 Å². The Labute approximate surface area is 113 Å². The van der Waals surface area contributed by atoms with Crippen LogP contribution in [0.15, 0.2) is 0 Å². The van der Waals surface area contributed by atoms with Gasteiger partial charge in [-0.2, -0.15) is 0 Å². The Morgan fingerprint density at radius 2 is 2.11 bits per heavy atom. The van der Waals surface area contributed by atoms with Crippen molar-refractivity contribution in [3.05, 3.63) is 0 Å². The molecule has 1 saturated carbocycles. The van der Waals surface area contributed by atoms with Crippen molar-refractivity contribution < 1.29 is 4.74 Å². The van der Waals surface area contributed by atoms with Crippen LogP contribution in [0.25, 0.3) is 0 Å². The van der Waals surface area contributed by atoms with E-state index < -0.39 is 0 Å². The van der Waals surface area contributed by atoms with Gasteiger partial charge in [0.1, 0.15) is 0 Å². The molecular weight excluding hydrogens is 222 g/mol. The lowest BCUT2D eigenvalue weighted by Gasteiger charge is -2.45. The van der Waals surface area contributed by atoms with Crippen molar-refractivity contribution >= 4 is 0 Å². The second kappa shape index (κ2) is 6.38. The van der Waals surface area contributed by atoms with Gasteiger partial charge in [-0.3, -0.25) is 0 Å². The number of morpholine rings is 1. The van der Waals surface area contributed by atoms with Gasteiger partial charge in [-0.25, -0.2) is 0 Å². The third-order valence-electron chi connectivity index (χ3n) is 4.99. The van der Waals surface area contributed by atoms with Crippen LogP contribution in [0.4, 0.5) is 0 Å². The first-order valence-electron chi connectivity index (χ1n) is 8.03. The molecule has 0 radical (unpaired) electrons. The third kappa shape index (κ3) is 3.27. The molecule has 2 rings (SSSR count). The summed E-state index contributed by atoms with van der Waals surface area (Å²) in [5, 5.41) is 3.75. The fraction of sp³-hybridized carbons (Fsp3) is 1.00. The molecule has 1 aliphatic carbocycles. The normalized spacial score (nSPS) is 38.0. The molecular formula is C16H31NO. The van der Waals surface area contributed by atoms with E-state index in [1.165, 1.54) is 44.9 Å². The average molecular weight is 253 g/mol. The Balaban J connectivity index is 2.05. The highest BCUT2D eigenvalue weighted by Gasteiger charge is 2.42. The van der Waals surface area contributed by atoms with Gasteiger partial charge in [0.25, 0.3) is 0 Å². The molecule has 1 aliphatic heterocycles. The number of hydrogen-bond donors (Lipinski definition) is 1. The molecule has 1 N–H and O–H groups in total. The van der Waals surface area contributed by atoms with E-state index in [0.29, 0.717) is 6.04 Å². The fourth-order valence-corrected chi connectivity index (χ4v) is 3.85. The van der Waals surface area contributed by atoms with Gasteiger partial charge >= 0.3 is 0 Å². The molecule has 3 unspecified atom stereocenters. The standard InChI is InChI=1S/C16H31NO/c1-4-14-6-5-8-16(9-7-14)15(12-13(2)3)17-10-11-18-16/h13-15,17H,4-12H2,1-3H3. The first-order chi connectivity index (χ1) is 8.66. The maximum atomic E-state index is 6.33. The van der Waals surface area contributed by atoms with Crippen molar-refractivity contribution in [2.75, 3.05) is 13.2 Å². The second-order valence-corrected chi connectivity index (χ2v) is 6.75. The van der Waals surface area contributed by atoms with E-state index in [4.69, 9.17) is 4.74 Å². The summed E-state index contributed by atoms with van der Waals surface area (Å²) < 4.78 is 6.33. The molecule has 1 saturated heterocycles. The lowest BCUT2D eigenvalue weighted by molar-refractivity contribution is -0.110. The van der Waals surface area contributed by atoms with Crippen molar-refractivity contribution in [1.29, 1.82) is 0 Å². The van der Waals surface area contributed by atoms with Crippen molar-refractivity contribution in [2.24, 2.45) is 11.8 Å². The molecule has 1 spiro atoms. The number of nitrogens with one attached hydrogen (secondary N) is 1. The first-order valence-corrected chi connectivity index (χ1v) is 8.03.